The number of para-hydroxylation sites is 2. The van der Waals surface area contributed by atoms with Crippen molar-refractivity contribution in [1.29, 1.82) is 0 Å². The number of nitrogens with one attached hydrogen (secondary N) is 3. The minimum absolute atomic E-state index is 0.0270. The lowest BCUT2D eigenvalue weighted by molar-refractivity contribution is -0.904. The zero-order chi connectivity index (χ0) is 19.4. The molecule has 1 aromatic heterocycles. The summed E-state index contributed by atoms with van der Waals surface area (Å²) in [5.74, 6) is -1.75. The van der Waals surface area contributed by atoms with Crippen molar-refractivity contribution in [2.45, 2.75) is 13.5 Å². The van der Waals surface area contributed by atoms with Crippen LogP contribution in [0.2, 0.25) is 0 Å². The van der Waals surface area contributed by atoms with Gasteiger partial charge in [-0.2, -0.15) is 0 Å². The molecule has 0 aliphatic heterocycles. The molecule has 6 nitrogen and oxygen atoms in total. The fourth-order valence-corrected chi connectivity index (χ4v) is 2.80. The largest absolute Gasteiger partial charge is 0.321 e. The molecule has 0 saturated heterocycles. The highest BCUT2D eigenvalue weighted by Crippen LogP contribution is 2.17. The summed E-state index contributed by atoms with van der Waals surface area (Å²) in [5.41, 5.74) is -0.135. The Morgan fingerprint density at radius 3 is 2.56 bits per heavy atom. The maximum absolute atomic E-state index is 13.7. The molecule has 0 fully saturated rings. The maximum atomic E-state index is 13.7. The first-order valence-electron chi connectivity index (χ1n) is 8.53. The van der Waals surface area contributed by atoms with Gasteiger partial charge in [0.15, 0.2) is 12.4 Å². The molecular weight excluding hydrogens is 354 g/mol. The van der Waals surface area contributed by atoms with E-state index in [0.29, 0.717) is 29.8 Å². The van der Waals surface area contributed by atoms with E-state index in [9.17, 15) is 18.4 Å². The molecule has 0 spiro atoms. The van der Waals surface area contributed by atoms with Crippen molar-refractivity contribution < 1.29 is 18.5 Å². The number of likely N-dealkylation sites (N-methyl/N-ethyl adjacent to an activating group) is 1. The van der Waals surface area contributed by atoms with Gasteiger partial charge in [0.2, 0.25) is 0 Å². The van der Waals surface area contributed by atoms with Crippen LogP contribution in [0.3, 0.4) is 0 Å². The molecule has 0 bridgehead atoms. The Labute approximate surface area is 153 Å². The Bertz CT molecular complexity index is 1020. The first-order chi connectivity index (χ1) is 13.0. The molecule has 3 N–H and O–H groups in total. The van der Waals surface area contributed by atoms with Crippen molar-refractivity contribution in [1.82, 2.24) is 9.97 Å². The second-order valence-corrected chi connectivity index (χ2v) is 6.13. The summed E-state index contributed by atoms with van der Waals surface area (Å²) in [6.45, 7) is 2.69. The van der Waals surface area contributed by atoms with Crippen LogP contribution in [0.15, 0.2) is 47.3 Å². The zero-order valence-electron chi connectivity index (χ0n) is 14.7. The van der Waals surface area contributed by atoms with Gasteiger partial charge < -0.3 is 15.2 Å². The number of nitrogens with zero attached hydrogens (tertiary/aromatic N) is 1. The number of carbonyl (C=O) groups excluding carboxylic acids is 1. The molecule has 8 heteroatoms. The summed E-state index contributed by atoms with van der Waals surface area (Å²) < 4.78 is 27.3. The van der Waals surface area contributed by atoms with Gasteiger partial charge in [0.1, 0.15) is 23.9 Å². The number of halogens is 2. The molecule has 1 heterocycles. The molecule has 140 valence electrons. The van der Waals surface area contributed by atoms with Crippen LogP contribution in [0.1, 0.15) is 12.7 Å². The smallest absolute Gasteiger partial charge is 0.279 e. The second kappa shape index (κ2) is 8.05. The molecule has 0 saturated carbocycles. The monoisotopic (exact) mass is 373 g/mol. The quantitative estimate of drug-likeness (QED) is 0.608. The van der Waals surface area contributed by atoms with E-state index in [4.69, 9.17) is 0 Å². The SMILES string of the molecule is CC[NH+](CC(=O)Nc1c(F)cccc1F)Cc1nc2ccccc2c(=O)[nH]1. The molecule has 3 aromatic rings. The van der Waals surface area contributed by atoms with Gasteiger partial charge in [0.05, 0.1) is 17.4 Å². The third-order valence-corrected chi connectivity index (χ3v) is 4.22. The van der Waals surface area contributed by atoms with Gasteiger partial charge in [-0.25, -0.2) is 13.8 Å². The van der Waals surface area contributed by atoms with Crippen LogP contribution in [0.25, 0.3) is 10.9 Å². The van der Waals surface area contributed by atoms with E-state index >= 15 is 0 Å². The molecule has 3 rings (SSSR count). The number of hydrogen-bond donors (Lipinski definition) is 3. The van der Waals surface area contributed by atoms with Crippen molar-refractivity contribution >= 4 is 22.5 Å². The molecule has 0 aliphatic rings. The lowest BCUT2D eigenvalue weighted by Gasteiger charge is -2.17. The highest BCUT2D eigenvalue weighted by atomic mass is 19.1. The molecule has 27 heavy (non-hydrogen) atoms. The number of anilines is 1. The standard InChI is InChI=1S/C19H18F2N4O2/c1-2-25(11-17(26)24-18-13(20)7-5-8-14(18)21)10-16-22-15-9-4-3-6-12(15)19(27)23-16/h3-9H,2,10-11H2,1H3,(H,24,26)(H,22,23,27)/p+1. The van der Waals surface area contributed by atoms with Crippen LogP contribution in [0, 0.1) is 11.6 Å². The predicted octanol–water partition coefficient (Wildman–Crippen LogP) is 1.24. The summed E-state index contributed by atoms with van der Waals surface area (Å²) in [4.78, 5) is 32.3. The Morgan fingerprint density at radius 2 is 1.85 bits per heavy atom. The summed E-state index contributed by atoms with van der Waals surface area (Å²) in [5, 5.41) is 2.76. The third kappa shape index (κ3) is 4.35. The van der Waals surface area contributed by atoms with Gasteiger partial charge >= 0.3 is 0 Å². The number of hydrogen-bond acceptors (Lipinski definition) is 3. The Morgan fingerprint density at radius 1 is 1.15 bits per heavy atom. The van der Waals surface area contributed by atoms with E-state index in [1.54, 1.807) is 24.3 Å². The topological polar surface area (TPSA) is 79.3 Å². The number of quaternary nitrogens is 1. The fraction of sp³-hybridized carbons (Fsp3) is 0.211. The molecule has 0 radical (unpaired) electrons. The normalized spacial score (nSPS) is 12.1. The van der Waals surface area contributed by atoms with Crippen LogP contribution in [-0.2, 0) is 11.3 Å². The highest BCUT2D eigenvalue weighted by molar-refractivity contribution is 5.91. The van der Waals surface area contributed by atoms with E-state index in [-0.39, 0.29) is 12.1 Å². The molecule has 0 aliphatic carbocycles. The van der Waals surface area contributed by atoms with Gasteiger partial charge in [-0.05, 0) is 31.2 Å². The lowest BCUT2D eigenvalue weighted by Crippen LogP contribution is -3.11. The number of H-pyrrole nitrogens is 1. The van der Waals surface area contributed by atoms with Gasteiger partial charge in [-0.1, -0.05) is 18.2 Å². The summed E-state index contributed by atoms with van der Waals surface area (Å²) in [6, 6.07) is 10.4. The first-order valence-corrected chi connectivity index (χ1v) is 8.53. The van der Waals surface area contributed by atoms with E-state index in [2.05, 4.69) is 15.3 Å². The molecule has 1 unspecified atom stereocenters. The highest BCUT2D eigenvalue weighted by Gasteiger charge is 2.18. The Hall–Kier alpha value is -3.13. The van der Waals surface area contributed by atoms with Gasteiger partial charge in [0.25, 0.3) is 11.5 Å². The summed E-state index contributed by atoms with van der Waals surface area (Å²) in [7, 11) is 0. The van der Waals surface area contributed by atoms with E-state index < -0.39 is 23.2 Å². The van der Waals surface area contributed by atoms with E-state index in [0.717, 1.165) is 17.0 Å². The van der Waals surface area contributed by atoms with Crippen LogP contribution < -0.4 is 15.8 Å². The van der Waals surface area contributed by atoms with Gasteiger partial charge in [0, 0.05) is 0 Å². The van der Waals surface area contributed by atoms with Gasteiger partial charge in [-0.3, -0.25) is 9.59 Å². The Kier molecular flexibility index (Phi) is 5.56. The predicted molar refractivity (Wildman–Crippen MR) is 97.4 cm³/mol. The molecular formula is C19H19F2N4O2+. The number of benzene rings is 2. The van der Waals surface area contributed by atoms with Crippen molar-refractivity contribution in [3.63, 3.8) is 0 Å². The molecule has 1 amide bonds. The van der Waals surface area contributed by atoms with E-state index in [1.807, 2.05) is 6.92 Å². The first kappa shape index (κ1) is 18.7. The number of rotatable bonds is 6. The van der Waals surface area contributed by atoms with Crippen LogP contribution >= 0.6 is 0 Å². The van der Waals surface area contributed by atoms with Crippen molar-refractivity contribution in [2.75, 3.05) is 18.4 Å². The van der Waals surface area contributed by atoms with E-state index in [1.165, 1.54) is 6.07 Å². The van der Waals surface area contributed by atoms with Crippen LogP contribution in [-0.4, -0.2) is 29.0 Å². The third-order valence-electron chi connectivity index (χ3n) is 4.22. The van der Waals surface area contributed by atoms with Crippen LogP contribution in [0.5, 0.6) is 0 Å². The maximum Gasteiger partial charge on any atom is 0.279 e. The van der Waals surface area contributed by atoms with Crippen molar-refractivity contribution in [2.24, 2.45) is 0 Å². The average molecular weight is 373 g/mol. The van der Waals surface area contributed by atoms with Crippen molar-refractivity contribution in [3.8, 4) is 0 Å². The fourth-order valence-electron chi connectivity index (χ4n) is 2.80. The number of fused-ring (bicyclic) bond motifs is 1. The molecule has 2 aromatic carbocycles. The average Bonchev–Trinajstić information content (AvgIpc) is 2.64. The van der Waals surface area contributed by atoms with Gasteiger partial charge in [-0.15, -0.1) is 0 Å². The van der Waals surface area contributed by atoms with Crippen LogP contribution in [0.4, 0.5) is 14.5 Å². The summed E-state index contributed by atoms with van der Waals surface area (Å²) in [6.07, 6.45) is 0. The lowest BCUT2D eigenvalue weighted by atomic mass is 10.2. The Balaban J connectivity index is 1.72. The minimum Gasteiger partial charge on any atom is -0.321 e. The second-order valence-electron chi connectivity index (χ2n) is 6.13. The number of amides is 1. The zero-order valence-corrected chi connectivity index (χ0v) is 14.7. The molecule has 1 atom stereocenters. The summed E-state index contributed by atoms with van der Waals surface area (Å²) >= 11 is 0. The minimum atomic E-state index is -0.832. The number of carbonyl (C=O) groups is 1. The van der Waals surface area contributed by atoms with Crippen molar-refractivity contribution in [3.05, 3.63) is 70.3 Å². The number of aromatic amines is 1. The number of aromatic nitrogens is 2.